The molecule has 0 saturated carbocycles. The Morgan fingerprint density at radius 1 is 1.10 bits per heavy atom. The minimum Gasteiger partial charge on any atom is -0.326 e. The second kappa shape index (κ2) is 8.41. The maximum absolute atomic E-state index is 13.0. The molecule has 158 valence electrons. The number of H-pyrrole nitrogens is 1. The third kappa shape index (κ3) is 4.55. The van der Waals surface area contributed by atoms with Gasteiger partial charge in [0.2, 0.25) is 17.8 Å². The lowest BCUT2D eigenvalue weighted by molar-refractivity contribution is -0.123. The maximum Gasteiger partial charge on any atom is 0.258 e. The summed E-state index contributed by atoms with van der Waals surface area (Å²) in [6, 6.07) is 11.9. The van der Waals surface area contributed by atoms with Gasteiger partial charge in [-0.2, -0.15) is 4.98 Å². The molecule has 0 fully saturated rings. The second-order valence-electron chi connectivity index (χ2n) is 7.06. The maximum atomic E-state index is 13.0. The van der Waals surface area contributed by atoms with E-state index in [9.17, 15) is 14.4 Å². The van der Waals surface area contributed by atoms with E-state index in [4.69, 9.17) is 23.2 Å². The molecule has 0 saturated heterocycles. The highest BCUT2D eigenvalue weighted by Crippen LogP contribution is 2.31. The lowest BCUT2D eigenvalue weighted by atomic mass is 9.92. The van der Waals surface area contributed by atoms with Crippen LogP contribution in [0.15, 0.2) is 47.3 Å². The SMILES string of the molecule is Cc1ccc(Cl)cc1NC(=O)[C@H]1CC(=O)Nc2nc(Nc3ccc(Cl)cc3)[nH]c(=O)c21. The Bertz CT molecular complexity index is 1240. The summed E-state index contributed by atoms with van der Waals surface area (Å²) in [5, 5.41) is 9.29. The molecule has 0 aliphatic carbocycles. The molecule has 1 aliphatic heterocycles. The molecular formula is C21H17Cl2N5O3. The van der Waals surface area contributed by atoms with Crippen molar-refractivity contribution in [3.05, 3.63) is 74.0 Å². The number of anilines is 4. The number of carbonyl (C=O) groups excluding carboxylic acids is 2. The molecule has 2 heterocycles. The second-order valence-corrected chi connectivity index (χ2v) is 7.93. The molecule has 4 rings (SSSR count). The minimum atomic E-state index is -0.997. The number of amides is 2. The highest BCUT2D eigenvalue weighted by molar-refractivity contribution is 6.31. The number of aryl methyl sites for hydroxylation is 1. The Hall–Kier alpha value is -3.36. The zero-order valence-electron chi connectivity index (χ0n) is 16.3. The first-order chi connectivity index (χ1) is 14.8. The van der Waals surface area contributed by atoms with Gasteiger partial charge in [0.1, 0.15) is 5.82 Å². The van der Waals surface area contributed by atoms with Gasteiger partial charge >= 0.3 is 0 Å². The number of carbonyl (C=O) groups is 2. The van der Waals surface area contributed by atoms with E-state index in [1.54, 1.807) is 42.5 Å². The summed E-state index contributed by atoms with van der Waals surface area (Å²) in [5.74, 6) is -1.74. The molecular weight excluding hydrogens is 441 g/mol. The number of aromatic nitrogens is 2. The van der Waals surface area contributed by atoms with Gasteiger partial charge in [-0.15, -0.1) is 0 Å². The number of halogens is 2. The molecule has 0 spiro atoms. The van der Waals surface area contributed by atoms with E-state index < -0.39 is 23.3 Å². The molecule has 2 amide bonds. The van der Waals surface area contributed by atoms with Crippen LogP contribution in [0.1, 0.15) is 23.5 Å². The van der Waals surface area contributed by atoms with Crippen molar-refractivity contribution in [2.24, 2.45) is 0 Å². The van der Waals surface area contributed by atoms with Gasteiger partial charge in [-0.25, -0.2) is 0 Å². The van der Waals surface area contributed by atoms with E-state index in [-0.39, 0.29) is 23.8 Å². The molecule has 0 bridgehead atoms. The van der Waals surface area contributed by atoms with E-state index in [2.05, 4.69) is 25.9 Å². The molecule has 31 heavy (non-hydrogen) atoms. The van der Waals surface area contributed by atoms with Crippen LogP contribution in [-0.4, -0.2) is 21.8 Å². The molecule has 8 nitrogen and oxygen atoms in total. The van der Waals surface area contributed by atoms with Crippen molar-refractivity contribution in [3.8, 4) is 0 Å². The molecule has 3 aromatic rings. The molecule has 10 heteroatoms. The first kappa shape index (κ1) is 20.9. The number of aromatic amines is 1. The van der Waals surface area contributed by atoms with Crippen LogP contribution in [0.25, 0.3) is 0 Å². The molecule has 2 aromatic carbocycles. The topological polar surface area (TPSA) is 116 Å². The van der Waals surface area contributed by atoms with E-state index in [0.717, 1.165) is 5.56 Å². The molecule has 1 atom stereocenters. The lowest BCUT2D eigenvalue weighted by Gasteiger charge is -2.24. The lowest BCUT2D eigenvalue weighted by Crippen LogP contribution is -2.36. The molecule has 1 aromatic heterocycles. The van der Waals surface area contributed by atoms with Gasteiger partial charge in [0.15, 0.2) is 0 Å². The number of hydrogen-bond acceptors (Lipinski definition) is 5. The summed E-state index contributed by atoms with van der Waals surface area (Å²) in [7, 11) is 0. The third-order valence-corrected chi connectivity index (χ3v) is 5.32. The van der Waals surface area contributed by atoms with Gasteiger partial charge in [-0.3, -0.25) is 19.4 Å². The van der Waals surface area contributed by atoms with Crippen LogP contribution in [0.2, 0.25) is 10.0 Å². The Morgan fingerprint density at radius 3 is 2.55 bits per heavy atom. The number of nitrogens with zero attached hydrogens (tertiary/aromatic N) is 1. The predicted molar refractivity (Wildman–Crippen MR) is 120 cm³/mol. The van der Waals surface area contributed by atoms with Crippen molar-refractivity contribution < 1.29 is 9.59 Å². The zero-order valence-corrected chi connectivity index (χ0v) is 17.8. The minimum absolute atomic E-state index is 0.0411. The van der Waals surface area contributed by atoms with Crippen LogP contribution in [0.3, 0.4) is 0 Å². The van der Waals surface area contributed by atoms with Crippen molar-refractivity contribution in [1.29, 1.82) is 0 Å². The number of nitrogens with one attached hydrogen (secondary N) is 4. The quantitative estimate of drug-likeness (QED) is 0.468. The Kier molecular flexibility index (Phi) is 5.67. The van der Waals surface area contributed by atoms with Gasteiger partial charge in [0, 0.05) is 27.8 Å². The van der Waals surface area contributed by atoms with Crippen molar-refractivity contribution in [1.82, 2.24) is 9.97 Å². The first-order valence-electron chi connectivity index (χ1n) is 9.34. The Labute approximate surface area is 187 Å². The van der Waals surface area contributed by atoms with Crippen molar-refractivity contribution in [2.75, 3.05) is 16.0 Å². The highest BCUT2D eigenvalue weighted by Gasteiger charge is 2.35. The van der Waals surface area contributed by atoms with Crippen LogP contribution in [0.4, 0.5) is 23.1 Å². The van der Waals surface area contributed by atoms with E-state index in [1.807, 2.05) is 6.92 Å². The van der Waals surface area contributed by atoms with Crippen LogP contribution in [0, 0.1) is 6.92 Å². The average molecular weight is 458 g/mol. The number of benzene rings is 2. The van der Waals surface area contributed by atoms with Crippen LogP contribution in [-0.2, 0) is 9.59 Å². The standard InChI is InChI=1S/C21H17Cl2N5O3/c1-10-2-3-12(23)8-15(10)25-19(30)14-9-16(29)26-18-17(14)20(31)28-21(27-18)24-13-6-4-11(22)5-7-13/h2-8,14H,9H2,1H3,(H,25,30)(H3,24,26,27,28,29,31)/t14-/m0/s1. The van der Waals surface area contributed by atoms with Gasteiger partial charge in [-0.1, -0.05) is 29.3 Å². The fraction of sp³-hybridized carbons (Fsp3) is 0.143. The van der Waals surface area contributed by atoms with Crippen molar-refractivity contribution in [2.45, 2.75) is 19.3 Å². The van der Waals surface area contributed by atoms with E-state index in [1.165, 1.54) is 0 Å². The van der Waals surface area contributed by atoms with Gasteiger partial charge in [0.05, 0.1) is 11.5 Å². The fourth-order valence-corrected chi connectivity index (χ4v) is 3.57. The van der Waals surface area contributed by atoms with Crippen LogP contribution < -0.4 is 21.5 Å². The molecule has 0 radical (unpaired) electrons. The van der Waals surface area contributed by atoms with Crippen molar-refractivity contribution in [3.63, 3.8) is 0 Å². The summed E-state index contributed by atoms with van der Waals surface area (Å²) in [6.45, 7) is 1.82. The van der Waals surface area contributed by atoms with Crippen LogP contribution in [0.5, 0.6) is 0 Å². The third-order valence-electron chi connectivity index (χ3n) is 4.83. The Morgan fingerprint density at radius 2 is 1.81 bits per heavy atom. The number of rotatable bonds is 4. The van der Waals surface area contributed by atoms with Gasteiger partial charge < -0.3 is 16.0 Å². The number of hydrogen-bond donors (Lipinski definition) is 4. The average Bonchev–Trinajstić information content (AvgIpc) is 2.71. The Balaban J connectivity index is 1.65. The van der Waals surface area contributed by atoms with E-state index in [0.29, 0.717) is 21.4 Å². The van der Waals surface area contributed by atoms with Gasteiger partial charge in [0.25, 0.3) is 5.56 Å². The highest BCUT2D eigenvalue weighted by atomic mass is 35.5. The van der Waals surface area contributed by atoms with Crippen molar-refractivity contribution >= 4 is 58.2 Å². The summed E-state index contributed by atoms with van der Waals surface area (Å²) in [5.41, 5.74) is 1.52. The van der Waals surface area contributed by atoms with Gasteiger partial charge in [-0.05, 0) is 48.9 Å². The number of fused-ring (bicyclic) bond motifs is 1. The summed E-state index contributed by atoms with van der Waals surface area (Å²) in [6.07, 6.45) is -0.173. The smallest absolute Gasteiger partial charge is 0.258 e. The first-order valence-corrected chi connectivity index (χ1v) is 10.1. The van der Waals surface area contributed by atoms with Crippen LogP contribution >= 0.6 is 23.2 Å². The molecule has 1 aliphatic rings. The monoisotopic (exact) mass is 457 g/mol. The molecule has 0 unspecified atom stereocenters. The molecule has 4 N–H and O–H groups in total. The predicted octanol–water partition coefficient (Wildman–Crippen LogP) is 4.19. The fourth-order valence-electron chi connectivity index (χ4n) is 3.27. The summed E-state index contributed by atoms with van der Waals surface area (Å²) < 4.78 is 0. The van der Waals surface area contributed by atoms with E-state index >= 15 is 0 Å². The largest absolute Gasteiger partial charge is 0.326 e. The zero-order chi connectivity index (χ0) is 22.1. The normalized spacial score (nSPS) is 15.1. The summed E-state index contributed by atoms with van der Waals surface area (Å²) >= 11 is 11.9. The summed E-state index contributed by atoms with van der Waals surface area (Å²) in [4.78, 5) is 44.9.